The Labute approximate surface area is 486 Å². The number of ketones is 1. The van der Waals surface area contributed by atoms with Gasteiger partial charge in [-0.1, -0.05) is 0 Å². The summed E-state index contributed by atoms with van der Waals surface area (Å²) >= 11 is 1.49. The zero-order chi connectivity index (χ0) is 59.0. The van der Waals surface area contributed by atoms with Gasteiger partial charge in [-0.25, -0.2) is 13.8 Å². The van der Waals surface area contributed by atoms with Gasteiger partial charge in [-0.15, -0.1) is 11.8 Å². The van der Waals surface area contributed by atoms with Crippen molar-refractivity contribution in [3.8, 4) is 22.9 Å². The number of rotatable bonds is 26. The number of halogens is 2. The number of anilines is 1. The fourth-order valence-electron chi connectivity index (χ4n) is 10.5. The zero-order valence-electron chi connectivity index (χ0n) is 47.4. The lowest BCUT2D eigenvalue weighted by atomic mass is 9.88. The van der Waals surface area contributed by atoms with Crippen molar-refractivity contribution in [3.63, 3.8) is 0 Å². The number of Topliss-reactive ketones (excluding diaryl/α,β-unsaturated/α-hetero) is 1. The summed E-state index contributed by atoms with van der Waals surface area (Å²) in [6.45, 7) is 9.32. The molecule has 0 aliphatic carbocycles. The lowest BCUT2D eigenvalue weighted by Crippen LogP contribution is -2.58. The number of carbonyl (C=O) groups excluding carboxylic acids is 5. The third-order valence-electron chi connectivity index (χ3n) is 15.2. The first-order valence-corrected chi connectivity index (χ1v) is 29.2. The van der Waals surface area contributed by atoms with E-state index in [0.717, 1.165) is 43.8 Å². The van der Waals surface area contributed by atoms with Crippen LogP contribution < -0.4 is 26.4 Å². The number of likely N-dealkylation sites (tertiary alicyclic amines) is 2. The molecule has 83 heavy (non-hydrogen) atoms. The average molecular weight is 1170 g/mol. The molecule has 2 fully saturated rings. The van der Waals surface area contributed by atoms with Gasteiger partial charge in [0.1, 0.15) is 41.6 Å². The van der Waals surface area contributed by atoms with Crippen LogP contribution in [-0.4, -0.2) is 194 Å². The maximum Gasteiger partial charge on any atom is 0.254 e. The molecule has 1 unspecified atom stereocenters. The summed E-state index contributed by atoms with van der Waals surface area (Å²) in [4.78, 5) is 82.0. The average Bonchev–Trinajstić information content (AvgIpc) is 3.97. The molecule has 2 aromatic carbocycles. The smallest absolute Gasteiger partial charge is 0.254 e. The van der Waals surface area contributed by atoms with Crippen molar-refractivity contribution < 1.29 is 56.4 Å². The Morgan fingerprint density at radius 2 is 1.60 bits per heavy atom. The fraction of sp³-hybridized carbons (Fsp3) is 0.534. The molecule has 446 valence electrons. The van der Waals surface area contributed by atoms with E-state index in [1.54, 1.807) is 34.0 Å². The molecule has 5 N–H and O–H groups in total. The number of piperidine rings is 1. The van der Waals surface area contributed by atoms with Gasteiger partial charge >= 0.3 is 0 Å². The highest BCUT2D eigenvalue weighted by Crippen LogP contribution is 2.37. The van der Waals surface area contributed by atoms with Gasteiger partial charge < -0.3 is 60.1 Å². The van der Waals surface area contributed by atoms with Crippen molar-refractivity contribution in [3.05, 3.63) is 94.4 Å². The van der Waals surface area contributed by atoms with Gasteiger partial charge in [-0.2, -0.15) is 10.4 Å². The zero-order valence-corrected chi connectivity index (χ0v) is 48.2. The quantitative estimate of drug-likeness (QED) is 0.0508. The molecule has 4 amide bonds. The Bertz CT molecular complexity index is 2990. The number of pyridine rings is 1. The molecule has 0 spiro atoms. The SMILES string of the molecule is CN[C@@H](C)C(=O)N[C@H](C(=O)N1CCC[C@H]1C1=NC(C(=O)c2ccc(F)cc2)CS1)C1CCN(CCOCCOCCOCCOCCC(=O)NCCn2nc3c(c2C#N)-c2cnc(N)c(c2)O[C@H](C)c2cc(F)ccc2C(=O)N(C)C3)CC1. The molecule has 4 aliphatic rings. The second kappa shape index (κ2) is 30.1. The summed E-state index contributed by atoms with van der Waals surface area (Å²) in [7, 11) is 3.30. The second-order valence-electron chi connectivity index (χ2n) is 20.8. The van der Waals surface area contributed by atoms with E-state index < -0.39 is 41.8 Å². The minimum atomic E-state index is -0.770. The van der Waals surface area contributed by atoms with Gasteiger partial charge in [0.05, 0.1) is 88.8 Å². The maximum absolute atomic E-state index is 14.4. The van der Waals surface area contributed by atoms with Gasteiger partial charge in [-0.05, 0) is 114 Å². The van der Waals surface area contributed by atoms with Crippen LogP contribution >= 0.6 is 11.8 Å². The fourth-order valence-corrected chi connectivity index (χ4v) is 11.7. The van der Waals surface area contributed by atoms with Gasteiger partial charge in [-0.3, -0.25) is 33.6 Å². The van der Waals surface area contributed by atoms with Crippen molar-refractivity contribution in [2.24, 2.45) is 10.9 Å². The molecule has 5 atom stereocenters. The normalized spacial score (nSPS) is 19.1. The minimum Gasteiger partial charge on any atom is -0.482 e. The molecule has 2 saturated heterocycles. The van der Waals surface area contributed by atoms with Gasteiger partial charge in [0.15, 0.2) is 17.4 Å². The molecule has 22 nitrogen and oxygen atoms in total. The number of fused-ring (bicyclic) bond motifs is 5. The Kier molecular flexibility index (Phi) is 22.5. The van der Waals surface area contributed by atoms with E-state index in [0.29, 0.717) is 86.4 Å². The van der Waals surface area contributed by atoms with Crippen LogP contribution in [0.2, 0.25) is 0 Å². The second-order valence-corrected chi connectivity index (χ2v) is 21.9. The van der Waals surface area contributed by atoms with Crippen LogP contribution in [0.15, 0.2) is 59.7 Å². The number of nitrogens with two attached hydrogens (primary N) is 1. The number of likely N-dealkylation sites (N-methyl/N-ethyl adjacent to an activating group) is 1. The largest absolute Gasteiger partial charge is 0.482 e. The number of nitrogens with zero attached hydrogens (tertiary/aromatic N) is 8. The number of nitrogen functional groups attached to an aromatic ring is 1. The van der Waals surface area contributed by atoms with Crippen LogP contribution in [0.3, 0.4) is 0 Å². The van der Waals surface area contributed by atoms with E-state index in [9.17, 15) is 38.0 Å². The molecular formula is C58H74F2N12O10S. The number of hydrogen-bond donors (Lipinski definition) is 4. The summed E-state index contributed by atoms with van der Waals surface area (Å²) in [5.41, 5.74) is 8.67. The molecule has 0 saturated carbocycles. The standard InChI is InChI=1S/C58H74F2N12O10S/c1-36(63-3)55(75)67-52(58(77)71-17-5-6-47(71)56-66-46(35-83-56)53(74)39-7-9-41(59)10-8-39)38-13-18-70(19-14-38)21-23-79-25-27-81-29-28-80-26-24-78-22-15-50(73)64-16-20-72-48(32-61)51-40-30-49(54(62)65-33-40)82-37(2)44-31-42(60)11-12-43(44)57(76)69(4)34-45(51)68-72/h7-12,30-31,33,36-38,46-47,52,63H,5-6,13-29,34-35H2,1-4H3,(H2,62,65)(H,64,73)(H,67,75)/t36-,37+,46?,47-,52-/m0/s1. The summed E-state index contributed by atoms with van der Waals surface area (Å²) < 4.78 is 58.3. The molecule has 4 aliphatic heterocycles. The molecule has 2 aromatic heterocycles. The third kappa shape index (κ3) is 16.3. The molecule has 0 radical (unpaired) electrons. The summed E-state index contributed by atoms with van der Waals surface area (Å²) in [5, 5.41) is 24.7. The van der Waals surface area contributed by atoms with Crippen LogP contribution in [0.25, 0.3) is 11.1 Å². The van der Waals surface area contributed by atoms with E-state index in [-0.39, 0.29) is 97.6 Å². The number of nitriles is 1. The van der Waals surface area contributed by atoms with Crippen molar-refractivity contribution in [2.45, 2.75) is 89.3 Å². The van der Waals surface area contributed by atoms with Crippen LogP contribution in [0.5, 0.6) is 5.75 Å². The maximum atomic E-state index is 14.4. The monoisotopic (exact) mass is 1170 g/mol. The molecule has 2 bridgehead atoms. The highest BCUT2D eigenvalue weighted by atomic mass is 32.2. The Hall–Kier alpha value is -6.92. The first kappa shape index (κ1) is 62.1. The summed E-state index contributed by atoms with van der Waals surface area (Å²) in [5.74, 6) is -1.48. The Morgan fingerprint density at radius 1 is 0.916 bits per heavy atom. The van der Waals surface area contributed by atoms with Gasteiger partial charge in [0.25, 0.3) is 5.91 Å². The van der Waals surface area contributed by atoms with Gasteiger partial charge in [0.2, 0.25) is 17.7 Å². The van der Waals surface area contributed by atoms with E-state index >= 15 is 0 Å². The van der Waals surface area contributed by atoms with Crippen LogP contribution in [0.1, 0.15) is 89.7 Å². The van der Waals surface area contributed by atoms with Crippen molar-refractivity contribution in [1.82, 2.24) is 45.4 Å². The van der Waals surface area contributed by atoms with Crippen LogP contribution in [-0.2, 0) is 46.4 Å². The Morgan fingerprint density at radius 3 is 2.30 bits per heavy atom. The van der Waals surface area contributed by atoms with Crippen LogP contribution in [0, 0.1) is 28.9 Å². The highest BCUT2D eigenvalue weighted by molar-refractivity contribution is 8.14. The highest BCUT2D eigenvalue weighted by Gasteiger charge is 2.43. The molecule has 8 rings (SSSR count). The predicted molar refractivity (Wildman–Crippen MR) is 305 cm³/mol. The van der Waals surface area contributed by atoms with E-state index in [1.807, 2.05) is 4.90 Å². The summed E-state index contributed by atoms with van der Waals surface area (Å²) in [6.07, 6.45) is 3.77. The Balaban J connectivity index is 0.682. The predicted octanol–water partition coefficient (Wildman–Crippen LogP) is 4.17. The minimum absolute atomic E-state index is 0.00915. The van der Waals surface area contributed by atoms with Crippen molar-refractivity contribution in [2.75, 3.05) is 111 Å². The number of aromatic nitrogens is 3. The number of hydrogen-bond acceptors (Lipinski definition) is 18. The molecule has 6 heterocycles. The third-order valence-corrected chi connectivity index (χ3v) is 16.4. The first-order chi connectivity index (χ1) is 40.1. The molecule has 4 aromatic rings. The van der Waals surface area contributed by atoms with E-state index in [4.69, 9.17) is 39.5 Å². The number of aliphatic imine (C=N–C) groups is 1. The number of nitrogens with one attached hydrogen (secondary N) is 3. The first-order valence-electron chi connectivity index (χ1n) is 28.2. The van der Waals surface area contributed by atoms with Crippen molar-refractivity contribution in [1.29, 1.82) is 5.26 Å². The number of thioether (sulfide) groups is 1. The van der Waals surface area contributed by atoms with E-state index in [1.165, 1.54) is 70.0 Å². The lowest BCUT2D eigenvalue weighted by molar-refractivity contribution is -0.138. The van der Waals surface area contributed by atoms with Gasteiger partial charge in [0, 0.05) is 72.9 Å². The number of benzene rings is 2. The number of ether oxygens (including phenoxy) is 5. The van der Waals surface area contributed by atoms with Crippen molar-refractivity contribution >= 4 is 52.0 Å². The molecule has 25 heteroatoms. The van der Waals surface area contributed by atoms with E-state index in [2.05, 4.69) is 31.9 Å². The topological polar surface area (TPSA) is 270 Å². The lowest BCUT2D eigenvalue weighted by Gasteiger charge is -2.38. The number of amides is 4. The van der Waals surface area contributed by atoms with Crippen LogP contribution in [0.4, 0.5) is 14.6 Å². The molecular weight excluding hydrogens is 1090 g/mol. The number of carbonyl (C=O) groups is 5. The summed E-state index contributed by atoms with van der Waals surface area (Å²) in [6, 6.07) is 11.1.